The number of nitrogens with zero attached hydrogens (tertiary/aromatic N) is 2. The number of nitrogens with one attached hydrogen (secondary N) is 2. The van der Waals surface area contributed by atoms with Crippen LogP contribution in [-0.4, -0.2) is 35.7 Å². The van der Waals surface area contributed by atoms with Crippen LogP contribution in [0.2, 0.25) is 0 Å². The summed E-state index contributed by atoms with van der Waals surface area (Å²) in [6, 6.07) is 10.2. The Morgan fingerprint density at radius 2 is 1.93 bits per heavy atom. The van der Waals surface area contributed by atoms with Crippen LogP contribution in [-0.2, 0) is 6.54 Å². The Balaban J connectivity index is 0.00000280. The molecule has 1 fully saturated rings. The molecule has 1 aromatic carbocycles. The average molecular weight is 496 g/mol. The molecule has 5 nitrogen and oxygen atoms in total. The maximum absolute atomic E-state index is 9.53. The van der Waals surface area contributed by atoms with Crippen molar-refractivity contribution in [1.82, 2.24) is 15.6 Å². The highest BCUT2D eigenvalue weighted by atomic mass is 127. The first-order valence-electron chi connectivity index (χ1n) is 10.2. The van der Waals surface area contributed by atoms with Crippen molar-refractivity contribution < 1.29 is 5.11 Å². The van der Waals surface area contributed by atoms with Crippen molar-refractivity contribution in [3.05, 3.63) is 42.1 Å². The summed E-state index contributed by atoms with van der Waals surface area (Å²) in [5.41, 5.74) is 2.39. The molecule has 154 valence electrons. The zero-order valence-electron chi connectivity index (χ0n) is 16.8. The second kappa shape index (κ2) is 11.6. The van der Waals surface area contributed by atoms with Gasteiger partial charge in [-0.3, -0.25) is 4.98 Å². The minimum Gasteiger partial charge on any atom is -0.396 e. The second-order valence-corrected chi connectivity index (χ2v) is 7.57. The summed E-state index contributed by atoms with van der Waals surface area (Å²) in [7, 11) is 0. The first kappa shape index (κ1) is 22.9. The molecular formula is C22H33IN4O. The summed E-state index contributed by atoms with van der Waals surface area (Å²) in [5, 5.41) is 17.6. The number of aliphatic hydroxyl groups is 1. The molecule has 0 atom stereocenters. The van der Waals surface area contributed by atoms with Gasteiger partial charge in [0, 0.05) is 31.3 Å². The molecule has 0 radical (unpaired) electrons. The molecule has 28 heavy (non-hydrogen) atoms. The lowest BCUT2D eigenvalue weighted by atomic mass is 9.72. The first-order valence-corrected chi connectivity index (χ1v) is 10.2. The molecule has 6 heteroatoms. The molecule has 1 aliphatic rings. The van der Waals surface area contributed by atoms with E-state index in [4.69, 9.17) is 4.99 Å². The molecule has 0 saturated heterocycles. The van der Waals surface area contributed by atoms with Crippen LogP contribution in [0.3, 0.4) is 0 Å². The highest BCUT2D eigenvalue weighted by molar-refractivity contribution is 14.0. The SMILES string of the molecule is CCNC(=NCc1ccnc2ccccc12)NCC1(CCO)CCCCC1.I. The van der Waals surface area contributed by atoms with Gasteiger partial charge in [0.2, 0.25) is 0 Å². The Morgan fingerprint density at radius 1 is 1.14 bits per heavy atom. The van der Waals surface area contributed by atoms with Crippen LogP contribution in [0.15, 0.2) is 41.5 Å². The van der Waals surface area contributed by atoms with Crippen LogP contribution in [0, 0.1) is 5.41 Å². The largest absolute Gasteiger partial charge is 0.396 e. The lowest BCUT2D eigenvalue weighted by Crippen LogP contribution is -2.44. The molecule has 0 aliphatic heterocycles. The van der Waals surface area contributed by atoms with Gasteiger partial charge in [-0.05, 0) is 49.3 Å². The van der Waals surface area contributed by atoms with Gasteiger partial charge in [-0.1, -0.05) is 37.5 Å². The van der Waals surface area contributed by atoms with E-state index in [0.717, 1.165) is 36.4 Å². The lowest BCUT2D eigenvalue weighted by molar-refractivity contribution is 0.131. The maximum Gasteiger partial charge on any atom is 0.191 e. The summed E-state index contributed by atoms with van der Waals surface area (Å²) in [6.45, 7) is 4.67. The number of pyridine rings is 1. The zero-order chi connectivity index (χ0) is 19.0. The van der Waals surface area contributed by atoms with E-state index in [-0.39, 0.29) is 36.0 Å². The summed E-state index contributed by atoms with van der Waals surface area (Å²) < 4.78 is 0. The molecule has 2 aromatic rings. The molecule has 0 amide bonds. The number of para-hydroxylation sites is 1. The van der Waals surface area contributed by atoms with Crippen molar-refractivity contribution in [2.24, 2.45) is 10.4 Å². The standard InChI is InChI=1S/C22H32N4O.HI/c1-2-23-21(26-17-22(13-15-27)11-6-3-7-12-22)25-16-18-10-14-24-20-9-5-4-8-19(18)20;/h4-5,8-10,14,27H,2-3,6-7,11-13,15-17H2,1H3,(H2,23,25,26);1H. The van der Waals surface area contributed by atoms with Crippen LogP contribution < -0.4 is 10.6 Å². The quantitative estimate of drug-likeness (QED) is 0.305. The van der Waals surface area contributed by atoms with E-state index in [1.165, 1.54) is 37.7 Å². The minimum atomic E-state index is 0. The Morgan fingerprint density at radius 3 is 2.68 bits per heavy atom. The Bertz CT molecular complexity index is 748. The van der Waals surface area contributed by atoms with Gasteiger partial charge >= 0.3 is 0 Å². The Hall–Kier alpha value is -1.41. The van der Waals surface area contributed by atoms with Crippen LogP contribution in [0.1, 0.15) is 51.0 Å². The summed E-state index contributed by atoms with van der Waals surface area (Å²) in [5.74, 6) is 0.848. The predicted molar refractivity (Wildman–Crippen MR) is 127 cm³/mol. The monoisotopic (exact) mass is 496 g/mol. The molecule has 1 saturated carbocycles. The van der Waals surface area contributed by atoms with E-state index >= 15 is 0 Å². The molecule has 1 aliphatic carbocycles. The highest BCUT2D eigenvalue weighted by Crippen LogP contribution is 2.38. The van der Waals surface area contributed by atoms with E-state index in [9.17, 15) is 5.11 Å². The fraction of sp³-hybridized carbons (Fsp3) is 0.545. The van der Waals surface area contributed by atoms with Gasteiger partial charge < -0.3 is 15.7 Å². The van der Waals surface area contributed by atoms with Crippen molar-refractivity contribution in [2.75, 3.05) is 19.7 Å². The van der Waals surface area contributed by atoms with Gasteiger partial charge in [0.1, 0.15) is 0 Å². The fourth-order valence-electron chi connectivity index (χ4n) is 4.12. The third-order valence-corrected chi connectivity index (χ3v) is 5.68. The topological polar surface area (TPSA) is 69.5 Å². The van der Waals surface area contributed by atoms with E-state index < -0.39 is 0 Å². The molecule has 1 heterocycles. The number of fused-ring (bicyclic) bond motifs is 1. The van der Waals surface area contributed by atoms with E-state index in [1.54, 1.807) is 0 Å². The molecule has 1 aromatic heterocycles. The van der Waals surface area contributed by atoms with Gasteiger partial charge in [-0.25, -0.2) is 4.99 Å². The van der Waals surface area contributed by atoms with Crippen molar-refractivity contribution in [3.8, 4) is 0 Å². The summed E-state index contributed by atoms with van der Waals surface area (Å²) >= 11 is 0. The number of halogens is 1. The number of aliphatic hydroxyl groups excluding tert-OH is 1. The fourth-order valence-corrected chi connectivity index (χ4v) is 4.12. The van der Waals surface area contributed by atoms with Gasteiger partial charge in [0.05, 0.1) is 12.1 Å². The normalized spacial score (nSPS) is 16.4. The smallest absolute Gasteiger partial charge is 0.191 e. The third-order valence-electron chi connectivity index (χ3n) is 5.68. The lowest BCUT2D eigenvalue weighted by Gasteiger charge is -2.37. The van der Waals surface area contributed by atoms with Crippen LogP contribution in [0.4, 0.5) is 0 Å². The van der Waals surface area contributed by atoms with E-state index in [1.807, 2.05) is 30.5 Å². The summed E-state index contributed by atoms with van der Waals surface area (Å²) in [6.07, 6.45) is 8.94. The number of hydrogen-bond donors (Lipinski definition) is 3. The van der Waals surface area contributed by atoms with Gasteiger partial charge in [-0.15, -0.1) is 24.0 Å². The molecule has 0 bridgehead atoms. The number of benzene rings is 1. The van der Waals surface area contributed by atoms with E-state index in [2.05, 4.69) is 28.6 Å². The molecular weight excluding hydrogens is 463 g/mol. The number of rotatable bonds is 7. The number of aromatic nitrogens is 1. The van der Waals surface area contributed by atoms with Crippen LogP contribution in [0.25, 0.3) is 10.9 Å². The number of aliphatic imine (C=N–C) groups is 1. The number of hydrogen-bond acceptors (Lipinski definition) is 3. The van der Waals surface area contributed by atoms with E-state index in [0.29, 0.717) is 6.54 Å². The average Bonchev–Trinajstić information content (AvgIpc) is 2.71. The van der Waals surface area contributed by atoms with Crippen molar-refractivity contribution in [3.63, 3.8) is 0 Å². The minimum absolute atomic E-state index is 0. The van der Waals surface area contributed by atoms with Crippen molar-refractivity contribution in [1.29, 1.82) is 0 Å². The molecule has 3 rings (SSSR count). The Kier molecular flexibility index (Phi) is 9.44. The first-order chi connectivity index (χ1) is 13.3. The predicted octanol–water partition coefficient (Wildman–Crippen LogP) is 4.24. The number of guanidine groups is 1. The second-order valence-electron chi connectivity index (χ2n) is 7.57. The van der Waals surface area contributed by atoms with Crippen LogP contribution in [0.5, 0.6) is 0 Å². The van der Waals surface area contributed by atoms with Crippen molar-refractivity contribution in [2.45, 2.75) is 52.0 Å². The van der Waals surface area contributed by atoms with Gasteiger partial charge in [-0.2, -0.15) is 0 Å². The summed E-state index contributed by atoms with van der Waals surface area (Å²) in [4.78, 5) is 9.24. The highest BCUT2D eigenvalue weighted by Gasteiger charge is 2.31. The molecule has 0 spiro atoms. The van der Waals surface area contributed by atoms with Crippen molar-refractivity contribution >= 4 is 40.8 Å². The zero-order valence-corrected chi connectivity index (χ0v) is 19.1. The maximum atomic E-state index is 9.53. The molecule has 3 N–H and O–H groups in total. The third kappa shape index (κ3) is 6.04. The molecule has 0 unspecified atom stereocenters. The van der Waals surface area contributed by atoms with Gasteiger partial charge in [0.25, 0.3) is 0 Å². The van der Waals surface area contributed by atoms with Gasteiger partial charge in [0.15, 0.2) is 5.96 Å². The Labute approximate surface area is 185 Å². The van der Waals surface area contributed by atoms with Crippen LogP contribution >= 0.6 is 24.0 Å².